The van der Waals surface area contributed by atoms with Gasteiger partial charge in [-0.2, -0.15) is 0 Å². The summed E-state index contributed by atoms with van der Waals surface area (Å²) < 4.78 is 10.2. The van der Waals surface area contributed by atoms with Crippen molar-refractivity contribution in [2.24, 2.45) is 5.41 Å². The smallest absolute Gasteiger partial charge is 0.314 e. The molecule has 2 rings (SSSR count). The van der Waals surface area contributed by atoms with E-state index in [0.29, 0.717) is 13.0 Å². The molecule has 0 amide bonds. The van der Waals surface area contributed by atoms with Crippen LogP contribution in [0.15, 0.2) is 0 Å². The largest absolute Gasteiger partial charge is 0.469 e. The van der Waals surface area contributed by atoms with E-state index in [9.17, 15) is 4.79 Å². The monoisotopic (exact) mass is 186 g/mol. The lowest BCUT2D eigenvalue weighted by atomic mass is 9.88. The molecule has 0 spiro atoms. The summed E-state index contributed by atoms with van der Waals surface area (Å²) in [5, 5.41) is 9.14. The summed E-state index contributed by atoms with van der Waals surface area (Å²) in [6.45, 7) is 0.409. The second-order valence-electron chi connectivity index (χ2n) is 4.08. The molecule has 13 heavy (non-hydrogen) atoms. The van der Waals surface area contributed by atoms with E-state index < -0.39 is 11.0 Å². The minimum Gasteiger partial charge on any atom is -0.469 e. The molecule has 4 nitrogen and oxygen atoms in total. The highest BCUT2D eigenvalue weighted by molar-refractivity contribution is 5.78. The number of esters is 1. The lowest BCUT2D eigenvalue weighted by molar-refractivity contribution is -0.154. The van der Waals surface area contributed by atoms with Gasteiger partial charge in [-0.15, -0.1) is 0 Å². The van der Waals surface area contributed by atoms with Gasteiger partial charge in [-0.3, -0.25) is 4.79 Å². The Morgan fingerprint density at radius 3 is 2.77 bits per heavy atom. The SMILES string of the molecule is COC(=O)C12CCC(CO)(C1)OC2. The van der Waals surface area contributed by atoms with E-state index in [-0.39, 0.29) is 12.6 Å². The molecular weight excluding hydrogens is 172 g/mol. The number of hydrogen-bond donors (Lipinski definition) is 1. The summed E-state index contributed by atoms with van der Waals surface area (Å²) in [5.74, 6) is -0.194. The summed E-state index contributed by atoms with van der Waals surface area (Å²) >= 11 is 0. The number of ether oxygens (including phenoxy) is 2. The number of hydrogen-bond acceptors (Lipinski definition) is 4. The third-order valence-electron chi connectivity index (χ3n) is 3.28. The van der Waals surface area contributed by atoms with Crippen molar-refractivity contribution in [3.05, 3.63) is 0 Å². The molecule has 0 aromatic carbocycles. The fourth-order valence-corrected chi connectivity index (χ4v) is 2.43. The summed E-state index contributed by atoms with van der Waals surface area (Å²) in [4.78, 5) is 11.5. The van der Waals surface area contributed by atoms with Crippen LogP contribution in [0.2, 0.25) is 0 Å². The van der Waals surface area contributed by atoms with Gasteiger partial charge in [0.15, 0.2) is 0 Å². The van der Waals surface area contributed by atoms with Gasteiger partial charge in [0.05, 0.1) is 31.3 Å². The van der Waals surface area contributed by atoms with Crippen molar-refractivity contribution >= 4 is 5.97 Å². The number of carbonyl (C=O) groups is 1. The van der Waals surface area contributed by atoms with Gasteiger partial charge in [0, 0.05) is 0 Å². The van der Waals surface area contributed by atoms with Crippen molar-refractivity contribution in [2.45, 2.75) is 24.9 Å². The van der Waals surface area contributed by atoms with E-state index in [1.165, 1.54) is 7.11 Å². The van der Waals surface area contributed by atoms with E-state index in [1.807, 2.05) is 0 Å². The maximum absolute atomic E-state index is 11.5. The van der Waals surface area contributed by atoms with Gasteiger partial charge >= 0.3 is 5.97 Å². The molecule has 1 heterocycles. The summed E-state index contributed by atoms with van der Waals surface area (Å²) in [7, 11) is 1.40. The van der Waals surface area contributed by atoms with Crippen LogP contribution in [0.3, 0.4) is 0 Å². The molecule has 1 N–H and O–H groups in total. The third-order valence-corrected chi connectivity index (χ3v) is 3.28. The zero-order chi connectivity index (χ0) is 9.53. The Bertz CT molecular complexity index is 228. The highest BCUT2D eigenvalue weighted by Crippen LogP contribution is 2.53. The first-order valence-electron chi connectivity index (χ1n) is 4.50. The molecule has 1 aliphatic heterocycles. The van der Waals surface area contributed by atoms with Gasteiger partial charge in [-0.1, -0.05) is 0 Å². The van der Waals surface area contributed by atoms with Crippen molar-refractivity contribution < 1.29 is 19.4 Å². The van der Waals surface area contributed by atoms with E-state index in [1.54, 1.807) is 0 Å². The van der Waals surface area contributed by atoms with Gasteiger partial charge in [0.25, 0.3) is 0 Å². The topological polar surface area (TPSA) is 55.8 Å². The lowest BCUT2D eigenvalue weighted by Gasteiger charge is -2.25. The Kier molecular flexibility index (Phi) is 1.85. The highest BCUT2D eigenvalue weighted by atomic mass is 16.5. The van der Waals surface area contributed by atoms with Crippen LogP contribution in [0.25, 0.3) is 0 Å². The molecule has 2 unspecified atom stereocenters. The molecule has 1 saturated carbocycles. The van der Waals surface area contributed by atoms with Crippen LogP contribution in [-0.4, -0.2) is 37.0 Å². The Hall–Kier alpha value is -0.610. The van der Waals surface area contributed by atoms with Crippen LogP contribution in [0, 0.1) is 5.41 Å². The average Bonchev–Trinajstić information content (AvgIpc) is 2.74. The molecule has 0 aromatic heterocycles. The minimum atomic E-state index is -0.461. The Balaban J connectivity index is 2.18. The summed E-state index contributed by atoms with van der Waals surface area (Å²) in [6, 6.07) is 0. The third kappa shape index (κ3) is 1.09. The molecule has 2 aliphatic rings. The number of aliphatic hydroxyl groups excluding tert-OH is 1. The number of methoxy groups -OCH3 is 1. The normalized spacial score (nSPS) is 42.3. The molecule has 4 heteroatoms. The van der Waals surface area contributed by atoms with Crippen molar-refractivity contribution in [1.29, 1.82) is 0 Å². The van der Waals surface area contributed by atoms with E-state index in [0.717, 1.165) is 12.8 Å². The summed E-state index contributed by atoms with van der Waals surface area (Å²) in [6.07, 6.45) is 2.15. The van der Waals surface area contributed by atoms with Crippen molar-refractivity contribution in [2.75, 3.05) is 20.3 Å². The maximum Gasteiger partial charge on any atom is 0.314 e. The number of carbonyl (C=O) groups excluding carboxylic acids is 1. The van der Waals surface area contributed by atoms with Gasteiger partial charge in [-0.25, -0.2) is 0 Å². The second-order valence-corrected chi connectivity index (χ2v) is 4.08. The molecule has 2 fully saturated rings. The van der Waals surface area contributed by atoms with Crippen LogP contribution in [-0.2, 0) is 14.3 Å². The predicted octanol–water partition coefficient (Wildman–Crippen LogP) is 0.0910. The number of fused-ring (bicyclic) bond motifs is 2. The number of aliphatic hydroxyl groups is 1. The average molecular weight is 186 g/mol. The van der Waals surface area contributed by atoms with Crippen LogP contribution in [0.1, 0.15) is 19.3 Å². The molecule has 74 valence electrons. The van der Waals surface area contributed by atoms with Crippen LogP contribution >= 0.6 is 0 Å². The quantitative estimate of drug-likeness (QED) is 0.621. The van der Waals surface area contributed by atoms with Crippen molar-refractivity contribution in [1.82, 2.24) is 0 Å². The molecule has 2 atom stereocenters. The van der Waals surface area contributed by atoms with E-state index in [2.05, 4.69) is 0 Å². The summed E-state index contributed by atoms with van der Waals surface area (Å²) in [5.41, 5.74) is -0.911. The fraction of sp³-hybridized carbons (Fsp3) is 0.889. The van der Waals surface area contributed by atoms with Crippen LogP contribution in [0.4, 0.5) is 0 Å². The molecular formula is C9H14O4. The maximum atomic E-state index is 11.5. The first kappa shape index (κ1) is 8.97. The minimum absolute atomic E-state index is 0.00570. The fourth-order valence-electron chi connectivity index (χ4n) is 2.43. The molecule has 0 radical (unpaired) electrons. The molecule has 2 bridgehead atoms. The predicted molar refractivity (Wildman–Crippen MR) is 44.1 cm³/mol. The zero-order valence-electron chi connectivity index (χ0n) is 7.71. The first-order valence-corrected chi connectivity index (χ1v) is 4.50. The van der Waals surface area contributed by atoms with Gasteiger partial charge in [0.2, 0.25) is 0 Å². The molecule has 0 aromatic rings. The van der Waals surface area contributed by atoms with Crippen molar-refractivity contribution in [3.8, 4) is 0 Å². The molecule has 1 saturated heterocycles. The lowest BCUT2D eigenvalue weighted by Crippen LogP contribution is -2.33. The Morgan fingerprint density at radius 1 is 1.62 bits per heavy atom. The van der Waals surface area contributed by atoms with Crippen LogP contribution in [0.5, 0.6) is 0 Å². The number of rotatable bonds is 2. The van der Waals surface area contributed by atoms with E-state index in [4.69, 9.17) is 14.6 Å². The molecule has 1 aliphatic carbocycles. The first-order chi connectivity index (χ1) is 6.16. The standard InChI is InChI=1S/C9H14O4/c1-12-7(11)8-2-3-9(4-8,5-10)13-6-8/h10H,2-6H2,1H3. The van der Waals surface area contributed by atoms with E-state index >= 15 is 0 Å². The Labute approximate surface area is 76.8 Å². The Morgan fingerprint density at radius 2 is 2.38 bits per heavy atom. The van der Waals surface area contributed by atoms with Crippen LogP contribution < -0.4 is 0 Å². The van der Waals surface area contributed by atoms with Gasteiger partial charge in [0.1, 0.15) is 0 Å². The van der Waals surface area contributed by atoms with Gasteiger partial charge < -0.3 is 14.6 Å². The zero-order valence-corrected chi connectivity index (χ0v) is 7.71. The second kappa shape index (κ2) is 2.69. The highest BCUT2D eigenvalue weighted by Gasteiger charge is 2.59. The van der Waals surface area contributed by atoms with Gasteiger partial charge in [-0.05, 0) is 19.3 Å². The van der Waals surface area contributed by atoms with Crippen molar-refractivity contribution in [3.63, 3.8) is 0 Å².